The van der Waals surface area contributed by atoms with Gasteiger partial charge in [-0.25, -0.2) is 0 Å². The van der Waals surface area contributed by atoms with Crippen molar-refractivity contribution < 1.29 is 15.0 Å². The summed E-state index contributed by atoms with van der Waals surface area (Å²) in [6, 6.07) is 8.84. The highest BCUT2D eigenvalue weighted by Gasteiger charge is 2.29. The molecular formula is C11H14ClNO3S. The molecule has 94 valence electrons. The van der Waals surface area contributed by atoms with Crippen molar-refractivity contribution in [2.45, 2.75) is 22.4 Å². The number of rotatable bonds is 6. The van der Waals surface area contributed by atoms with Crippen molar-refractivity contribution >= 4 is 29.3 Å². The van der Waals surface area contributed by atoms with Gasteiger partial charge in [-0.1, -0.05) is 18.2 Å². The third-order valence-electron chi connectivity index (χ3n) is 2.16. The molecule has 0 aliphatic carbocycles. The number of hydrogen-bond donors (Lipinski definition) is 3. The summed E-state index contributed by atoms with van der Waals surface area (Å²) in [5, 5.41) is 16.8. The Balaban J connectivity index is 2.44. The van der Waals surface area contributed by atoms with E-state index in [4.69, 9.17) is 22.4 Å². The molecule has 0 spiro atoms. The monoisotopic (exact) mass is 275 g/mol. The first kappa shape index (κ1) is 14.3. The van der Waals surface area contributed by atoms with Crippen LogP contribution in [0.1, 0.15) is 0 Å². The molecule has 1 aromatic rings. The van der Waals surface area contributed by atoms with Gasteiger partial charge in [-0.15, -0.1) is 23.4 Å². The van der Waals surface area contributed by atoms with E-state index in [0.29, 0.717) is 5.75 Å². The van der Waals surface area contributed by atoms with Crippen molar-refractivity contribution in [3.63, 3.8) is 0 Å². The van der Waals surface area contributed by atoms with Crippen molar-refractivity contribution in [1.29, 1.82) is 0 Å². The number of aliphatic carboxylic acids is 1. The van der Waals surface area contributed by atoms with Crippen LogP contribution < -0.4 is 5.73 Å². The predicted octanol–water partition coefficient (Wildman–Crippen LogP) is 1.16. The van der Waals surface area contributed by atoms with Crippen LogP contribution in [0.4, 0.5) is 0 Å². The van der Waals surface area contributed by atoms with Crippen LogP contribution in [0.3, 0.4) is 0 Å². The Labute approximate surface area is 109 Å². The molecule has 4 N–H and O–H groups in total. The Hall–Kier alpha value is -0.750. The van der Waals surface area contributed by atoms with Crippen molar-refractivity contribution in [3.05, 3.63) is 30.3 Å². The number of alkyl halides is 1. The third-order valence-corrected chi connectivity index (χ3v) is 3.76. The highest BCUT2D eigenvalue weighted by Crippen LogP contribution is 2.19. The lowest BCUT2D eigenvalue weighted by atomic mass is 10.1. The fourth-order valence-electron chi connectivity index (χ4n) is 1.17. The van der Waals surface area contributed by atoms with E-state index >= 15 is 0 Å². The predicted molar refractivity (Wildman–Crippen MR) is 68.4 cm³/mol. The molecule has 1 aromatic carbocycles. The van der Waals surface area contributed by atoms with Crippen LogP contribution in [0.5, 0.6) is 0 Å². The van der Waals surface area contributed by atoms with Gasteiger partial charge in [0.25, 0.3) is 0 Å². The number of halogens is 1. The maximum atomic E-state index is 10.6. The molecule has 3 atom stereocenters. The standard InChI is InChI=1S/C11H14ClNO3S/c12-9(11(15)16)10(14)8(13)6-17-7-4-2-1-3-5-7/h1-5,8-10,14H,6,13H2,(H,15,16). The van der Waals surface area contributed by atoms with E-state index in [1.165, 1.54) is 11.8 Å². The Kier molecular flexibility index (Phi) is 5.77. The Morgan fingerprint density at radius 2 is 2.00 bits per heavy atom. The number of carboxylic acid groups (broad SMARTS) is 1. The SMILES string of the molecule is NC(CSc1ccccc1)C(O)C(Cl)C(=O)O. The molecule has 4 nitrogen and oxygen atoms in total. The van der Waals surface area contributed by atoms with E-state index in [9.17, 15) is 9.90 Å². The molecule has 0 aliphatic rings. The van der Waals surface area contributed by atoms with Gasteiger partial charge in [-0.05, 0) is 12.1 Å². The van der Waals surface area contributed by atoms with Gasteiger partial charge in [0.1, 0.15) is 0 Å². The molecule has 0 heterocycles. The molecule has 0 bridgehead atoms. The van der Waals surface area contributed by atoms with Crippen LogP contribution >= 0.6 is 23.4 Å². The van der Waals surface area contributed by atoms with Gasteiger partial charge < -0.3 is 15.9 Å². The number of carbonyl (C=O) groups is 1. The second-order valence-corrected chi connectivity index (χ2v) is 5.08. The average molecular weight is 276 g/mol. The van der Waals surface area contributed by atoms with Crippen LogP contribution in [-0.2, 0) is 4.79 Å². The first-order chi connectivity index (χ1) is 8.02. The van der Waals surface area contributed by atoms with Gasteiger partial charge in [-0.2, -0.15) is 0 Å². The molecule has 0 aromatic heterocycles. The minimum atomic E-state index is -1.37. The highest BCUT2D eigenvalue weighted by molar-refractivity contribution is 7.99. The van der Waals surface area contributed by atoms with Gasteiger partial charge in [0.05, 0.1) is 6.10 Å². The van der Waals surface area contributed by atoms with Gasteiger partial charge >= 0.3 is 5.97 Å². The topological polar surface area (TPSA) is 83.5 Å². The fraction of sp³-hybridized carbons (Fsp3) is 0.364. The molecule has 0 saturated carbocycles. The number of aliphatic hydroxyl groups excluding tert-OH is 1. The minimum absolute atomic E-state index is 0.404. The molecule has 0 amide bonds. The Morgan fingerprint density at radius 1 is 1.41 bits per heavy atom. The van der Waals surface area contributed by atoms with Crippen LogP contribution in [0.2, 0.25) is 0 Å². The van der Waals surface area contributed by atoms with Gasteiger partial charge in [0.15, 0.2) is 5.38 Å². The van der Waals surface area contributed by atoms with Crippen molar-refractivity contribution in [2.24, 2.45) is 5.73 Å². The molecular weight excluding hydrogens is 262 g/mol. The van der Waals surface area contributed by atoms with Gasteiger partial charge in [0, 0.05) is 16.7 Å². The lowest BCUT2D eigenvalue weighted by molar-refractivity contribution is -0.138. The number of hydrogen-bond acceptors (Lipinski definition) is 4. The number of carboxylic acids is 1. The first-order valence-electron chi connectivity index (χ1n) is 5.00. The summed E-state index contributed by atoms with van der Waals surface area (Å²) in [5.74, 6) is -0.860. The summed E-state index contributed by atoms with van der Waals surface area (Å²) < 4.78 is 0. The van der Waals surface area contributed by atoms with Gasteiger partial charge in [0.2, 0.25) is 0 Å². The largest absolute Gasteiger partial charge is 0.480 e. The number of nitrogens with two attached hydrogens (primary N) is 1. The number of benzene rings is 1. The smallest absolute Gasteiger partial charge is 0.324 e. The molecule has 1 rings (SSSR count). The highest BCUT2D eigenvalue weighted by atomic mass is 35.5. The van der Waals surface area contributed by atoms with E-state index in [0.717, 1.165) is 4.90 Å². The van der Waals surface area contributed by atoms with E-state index in [2.05, 4.69) is 0 Å². The zero-order valence-corrected chi connectivity index (χ0v) is 10.6. The average Bonchev–Trinajstić information content (AvgIpc) is 2.35. The van der Waals surface area contributed by atoms with Crippen molar-refractivity contribution in [1.82, 2.24) is 0 Å². The molecule has 3 unspecified atom stereocenters. The second kappa shape index (κ2) is 6.86. The number of aliphatic hydroxyl groups is 1. The maximum absolute atomic E-state index is 10.6. The van der Waals surface area contributed by atoms with Gasteiger partial charge in [-0.3, -0.25) is 4.79 Å². The molecule has 0 radical (unpaired) electrons. The maximum Gasteiger partial charge on any atom is 0.324 e. The zero-order valence-electron chi connectivity index (χ0n) is 8.99. The van der Waals surface area contributed by atoms with E-state index in [-0.39, 0.29) is 0 Å². The van der Waals surface area contributed by atoms with E-state index in [1.54, 1.807) is 0 Å². The summed E-state index contributed by atoms with van der Waals surface area (Å²) in [6.07, 6.45) is -1.26. The Bertz CT molecular complexity index is 363. The minimum Gasteiger partial charge on any atom is -0.480 e. The zero-order chi connectivity index (χ0) is 12.8. The molecule has 6 heteroatoms. The van der Waals surface area contributed by atoms with E-state index in [1.807, 2.05) is 30.3 Å². The summed E-state index contributed by atoms with van der Waals surface area (Å²) >= 11 is 6.95. The van der Waals surface area contributed by atoms with Crippen LogP contribution in [0, 0.1) is 0 Å². The summed E-state index contributed by atoms with van der Waals surface area (Å²) in [5.41, 5.74) is 5.69. The summed E-state index contributed by atoms with van der Waals surface area (Å²) in [6.45, 7) is 0. The lowest BCUT2D eigenvalue weighted by Crippen LogP contribution is -2.45. The van der Waals surface area contributed by atoms with Crippen LogP contribution in [-0.4, -0.2) is 39.5 Å². The number of thioether (sulfide) groups is 1. The normalized spacial score (nSPS) is 16.2. The molecule has 17 heavy (non-hydrogen) atoms. The van der Waals surface area contributed by atoms with Crippen LogP contribution in [0.15, 0.2) is 35.2 Å². The fourth-order valence-corrected chi connectivity index (χ4v) is 2.29. The van der Waals surface area contributed by atoms with Crippen molar-refractivity contribution in [2.75, 3.05) is 5.75 Å². The summed E-state index contributed by atoms with van der Waals surface area (Å²) in [4.78, 5) is 11.6. The molecule has 0 saturated heterocycles. The van der Waals surface area contributed by atoms with E-state index < -0.39 is 23.5 Å². The Morgan fingerprint density at radius 3 is 2.53 bits per heavy atom. The quantitative estimate of drug-likeness (QED) is 0.536. The first-order valence-corrected chi connectivity index (χ1v) is 6.43. The molecule has 0 aliphatic heterocycles. The second-order valence-electron chi connectivity index (χ2n) is 3.52. The molecule has 0 fully saturated rings. The lowest BCUT2D eigenvalue weighted by Gasteiger charge is -2.20. The van der Waals surface area contributed by atoms with Crippen LogP contribution in [0.25, 0.3) is 0 Å². The summed E-state index contributed by atoms with van der Waals surface area (Å²) in [7, 11) is 0. The third kappa shape index (κ3) is 4.55. The van der Waals surface area contributed by atoms with Crippen molar-refractivity contribution in [3.8, 4) is 0 Å².